The zero-order valence-electron chi connectivity index (χ0n) is 14.1. The van der Waals surface area contributed by atoms with Gasteiger partial charge in [-0.3, -0.25) is 9.89 Å². The molecule has 2 aliphatic heterocycles. The van der Waals surface area contributed by atoms with Crippen molar-refractivity contribution in [2.45, 2.75) is 19.0 Å². The van der Waals surface area contributed by atoms with Gasteiger partial charge in [-0.15, -0.1) is 24.0 Å². The van der Waals surface area contributed by atoms with E-state index in [1.807, 2.05) is 31.3 Å². The number of halogens is 2. The highest BCUT2D eigenvalue weighted by Crippen LogP contribution is 2.18. The van der Waals surface area contributed by atoms with Crippen LogP contribution in [0.1, 0.15) is 12.0 Å². The van der Waals surface area contributed by atoms with Crippen LogP contribution in [0.4, 0.5) is 0 Å². The highest BCUT2D eigenvalue weighted by molar-refractivity contribution is 14.0. The zero-order valence-corrected chi connectivity index (χ0v) is 17.2. The summed E-state index contributed by atoms with van der Waals surface area (Å²) in [5.41, 5.74) is 1.10. The fourth-order valence-corrected chi connectivity index (χ4v) is 3.53. The van der Waals surface area contributed by atoms with Crippen LogP contribution in [0.3, 0.4) is 0 Å². The van der Waals surface area contributed by atoms with Crippen LogP contribution in [0.2, 0.25) is 5.02 Å². The zero-order chi connectivity index (χ0) is 16.1. The Kier molecular flexibility index (Phi) is 8.06. The van der Waals surface area contributed by atoms with Crippen molar-refractivity contribution in [1.82, 2.24) is 15.1 Å². The molecule has 1 N–H and O–H groups in total. The number of likely N-dealkylation sites (tertiary alicyclic amines) is 1. The lowest BCUT2D eigenvalue weighted by Crippen LogP contribution is -2.46. The first-order valence-corrected chi connectivity index (χ1v) is 8.66. The molecule has 0 amide bonds. The molecule has 7 heteroatoms. The number of ether oxygens (including phenoxy) is 1. The van der Waals surface area contributed by atoms with E-state index in [0.717, 1.165) is 55.9 Å². The summed E-state index contributed by atoms with van der Waals surface area (Å²) in [6.07, 6.45) is 1.19. The molecule has 1 unspecified atom stereocenters. The van der Waals surface area contributed by atoms with Gasteiger partial charge in [-0.25, -0.2) is 0 Å². The Bertz CT molecular complexity index is 551. The molecule has 0 saturated carbocycles. The maximum atomic E-state index is 6.22. The molecule has 1 atom stereocenters. The predicted molar refractivity (Wildman–Crippen MR) is 109 cm³/mol. The SMILES string of the molecule is CN=C(NCc1ccccc1Cl)N1CCC(N2CCOCC2)C1.I. The van der Waals surface area contributed by atoms with Crippen molar-refractivity contribution < 1.29 is 4.74 Å². The van der Waals surface area contributed by atoms with Gasteiger partial charge >= 0.3 is 0 Å². The standard InChI is InChI=1S/C17H25ClN4O.HI/c1-19-17(20-12-14-4-2-3-5-16(14)18)22-7-6-15(13-22)21-8-10-23-11-9-21;/h2-5,15H,6-13H2,1H3,(H,19,20);1H. The smallest absolute Gasteiger partial charge is 0.193 e. The van der Waals surface area contributed by atoms with E-state index < -0.39 is 0 Å². The summed E-state index contributed by atoms with van der Waals surface area (Å²) in [5, 5.41) is 4.23. The third-order valence-corrected chi connectivity index (χ3v) is 5.00. The highest BCUT2D eigenvalue weighted by Gasteiger charge is 2.30. The average molecular weight is 465 g/mol. The molecule has 2 heterocycles. The molecule has 5 nitrogen and oxygen atoms in total. The minimum Gasteiger partial charge on any atom is -0.379 e. The fraction of sp³-hybridized carbons (Fsp3) is 0.588. The van der Waals surface area contributed by atoms with Crippen LogP contribution in [0, 0.1) is 0 Å². The van der Waals surface area contributed by atoms with E-state index in [4.69, 9.17) is 16.3 Å². The van der Waals surface area contributed by atoms with Crippen molar-refractivity contribution in [3.63, 3.8) is 0 Å². The van der Waals surface area contributed by atoms with Crippen LogP contribution in [-0.4, -0.2) is 68.2 Å². The number of aliphatic imine (C=N–C) groups is 1. The van der Waals surface area contributed by atoms with Crippen LogP contribution in [0.25, 0.3) is 0 Å². The molecule has 3 rings (SSSR count). The Labute approximate surface area is 166 Å². The maximum absolute atomic E-state index is 6.22. The molecule has 134 valence electrons. The first-order chi connectivity index (χ1) is 11.3. The number of rotatable bonds is 3. The number of guanidine groups is 1. The third-order valence-electron chi connectivity index (χ3n) is 4.63. The second-order valence-corrected chi connectivity index (χ2v) is 6.44. The van der Waals surface area contributed by atoms with Crippen LogP contribution in [0.5, 0.6) is 0 Å². The molecular weight excluding hydrogens is 439 g/mol. The van der Waals surface area contributed by atoms with Crippen LogP contribution in [-0.2, 0) is 11.3 Å². The van der Waals surface area contributed by atoms with Crippen molar-refractivity contribution >= 4 is 41.5 Å². The lowest BCUT2D eigenvalue weighted by atomic mass is 10.2. The number of hydrogen-bond acceptors (Lipinski definition) is 3. The monoisotopic (exact) mass is 464 g/mol. The van der Waals surface area contributed by atoms with E-state index in [1.165, 1.54) is 6.42 Å². The molecule has 2 fully saturated rings. The van der Waals surface area contributed by atoms with E-state index in [1.54, 1.807) is 0 Å². The summed E-state index contributed by atoms with van der Waals surface area (Å²) in [7, 11) is 1.84. The first-order valence-electron chi connectivity index (χ1n) is 8.28. The molecule has 2 aliphatic rings. The lowest BCUT2D eigenvalue weighted by molar-refractivity contribution is 0.0195. The molecule has 1 aromatic rings. The van der Waals surface area contributed by atoms with Crippen molar-refractivity contribution in [1.29, 1.82) is 0 Å². The Morgan fingerprint density at radius 2 is 2.04 bits per heavy atom. The minimum absolute atomic E-state index is 0. The van der Waals surface area contributed by atoms with Gasteiger partial charge in [0.1, 0.15) is 0 Å². The van der Waals surface area contributed by atoms with Crippen molar-refractivity contribution in [3.05, 3.63) is 34.9 Å². The van der Waals surface area contributed by atoms with Gasteiger partial charge in [0, 0.05) is 50.8 Å². The summed E-state index contributed by atoms with van der Waals surface area (Å²) in [5.74, 6) is 0.959. The summed E-state index contributed by atoms with van der Waals surface area (Å²) in [4.78, 5) is 9.33. The van der Waals surface area contributed by atoms with Gasteiger partial charge in [0.05, 0.1) is 13.2 Å². The summed E-state index contributed by atoms with van der Waals surface area (Å²) < 4.78 is 5.45. The van der Waals surface area contributed by atoms with Gasteiger partial charge < -0.3 is 15.0 Å². The normalized spacial score (nSPS) is 22.3. The fourth-order valence-electron chi connectivity index (χ4n) is 3.32. The second-order valence-electron chi connectivity index (χ2n) is 6.03. The number of hydrogen-bond donors (Lipinski definition) is 1. The average Bonchev–Trinajstić information content (AvgIpc) is 3.08. The van der Waals surface area contributed by atoms with Crippen molar-refractivity contribution in [2.24, 2.45) is 4.99 Å². The van der Waals surface area contributed by atoms with Crippen LogP contribution in [0.15, 0.2) is 29.3 Å². The maximum Gasteiger partial charge on any atom is 0.193 e. The van der Waals surface area contributed by atoms with E-state index in [0.29, 0.717) is 12.6 Å². The minimum atomic E-state index is 0. The number of nitrogens with zero attached hydrogens (tertiary/aromatic N) is 3. The topological polar surface area (TPSA) is 40.1 Å². The first kappa shape index (κ1) is 19.8. The van der Waals surface area contributed by atoms with Gasteiger partial charge in [-0.1, -0.05) is 29.8 Å². The van der Waals surface area contributed by atoms with Gasteiger partial charge in [0.15, 0.2) is 5.96 Å². The number of nitrogens with one attached hydrogen (secondary N) is 1. The van der Waals surface area contributed by atoms with E-state index in [-0.39, 0.29) is 24.0 Å². The summed E-state index contributed by atoms with van der Waals surface area (Å²) in [6, 6.07) is 8.54. The second kappa shape index (κ2) is 9.79. The molecule has 0 radical (unpaired) electrons. The quantitative estimate of drug-likeness (QED) is 0.424. The van der Waals surface area contributed by atoms with Crippen LogP contribution < -0.4 is 5.32 Å². The van der Waals surface area contributed by atoms with Crippen molar-refractivity contribution in [2.75, 3.05) is 46.4 Å². The molecular formula is C17H26ClIN4O. The highest BCUT2D eigenvalue weighted by atomic mass is 127. The van der Waals surface area contributed by atoms with E-state index >= 15 is 0 Å². The van der Waals surface area contributed by atoms with E-state index in [2.05, 4.69) is 20.1 Å². The largest absolute Gasteiger partial charge is 0.379 e. The summed E-state index contributed by atoms with van der Waals surface area (Å²) in [6.45, 7) is 6.58. The Morgan fingerprint density at radius 1 is 1.29 bits per heavy atom. The molecule has 24 heavy (non-hydrogen) atoms. The molecule has 1 aromatic carbocycles. The molecule has 2 saturated heterocycles. The summed E-state index contributed by atoms with van der Waals surface area (Å²) >= 11 is 6.22. The van der Waals surface area contributed by atoms with E-state index in [9.17, 15) is 0 Å². The van der Waals surface area contributed by atoms with Gasteiger partial charge in [-0.2, -0.15) is 0 Å². The van der Waals surface area contributed by atoms with Crippen molar-refractivity contribution in [3.8, 4) is 0 Å². The molecule has 0 spiro atoms. The third kappa shape index (κ3) is 4.97. The van der Waals surface area contributed by atoms with Gasteiger partial charge in [0.25, 0.3) is 0 Å². The van der Waals surface area contributed by atoms with Crippen LogP contribution >= 0.6 is 35.6 Å². The molecule has 0 aliphatic carbocycles. The predicted octanol–water partition coefficient (Wildman–Crippen LogP) is 2.44. The molecule has 0 aromatic heterocycles. The Morgan fingerprint density at radius 3 is 2.75 bits per heavy atom. The lowest BCUT2D eigenvalue weighted by Gasteiger charge is -2.32. The van der Waals surface area contributed by atoms with Gasteiger partial charge in [0.2, 0.25) is 0 Å². The number of morpholine rings is 1. The molecule has 0 bridgehead atoms. The Balaban J connectivity index is 0.00000208. The van der Waals surface area contributed by atoms with Gasteiger partial charge in [-0.05, 0) is 18.1 Å². The Hall–Kier alpha value is -0.570. The number of benzene rings is 1.